The first-order chi connectivity index (χ1) is 8.66. The molecule has 0 aliphatic heterocycles. The molecule has 0 atom stereocenters. The second-order valence-electron chi connectivity index (χ2n) is 4.16. The van der Waals surface area contributed by atoms with Crippen LogP contribution in [-0.2, 0) is 17.8 Å². The highest BCUT2D eigenvalue weighted by atomic mass is 32.1. The molecule has 5 heteroatoms. The van der Waals surface area contributed by atoms with Crippen molar-refractivity contribution in [2.75, 3.05) is 0 Å². The van der Waals surface area contributed by atoms with Crippen molar-refractivity contribution >= 4 is 28.6 Å². The van der Waals surface area contributed by atoms with Crippen molar-refractivity contribution in [3.8, 4) is 0 Å². The Labute approximate surface area is 115 Å². The number of thiazole rings is 1. The van der Waals surface area contributed by atoms with Crippen LogP contribution in [-0.4, -0.2) is 10.9 Å². The first-order valence-corrected chi connectivity index (χ1v) is 7.61. The van der Waals surface area contributed by atoms with Crippen LogP contribution in [0.15, 0.2) is 17.0 Å². The maximum Gasteiger partial charge on any atom is 0.220 e. The molecule has 1 N–H and O–H groups in total. The normalized spacial score (nSPS) is 10.6. The minimum atomic E-state index is 0.107. The molecule has 0 aromatic carbocycles. The lowest BCUT2D eigenvalue weighted by Crippen LogP contribution is -2.22. The maximum absolute atomic E-state index is 11.7. The van der Waals surface area contributed by atoms with E-state index in [1.165, 1.54) is 15.3 Å². The topological polar surface area (TPSA) is 42.0 Å². The SMILES string of the molecule is Cc1ccsc1CNC(=O)CCc1scnc1C. The number of nitrogens with one attached hydrogen (secondary N) is 1. The Morgan fingerprint density at radius 2 is 2.17 bits per heavy atom. The number of hydrogen-bond donors (Lipinski definition) is 1. The number of aryl methyl sites for hydroxylation is 3. The van der Waals surface area contributed by atoms with Crippen LogP contribution in [0.5, 0.6) is 0 Å². The van der Waals surface area contributed by atoms with Crippen molar-refractivity contribution in [3.05, 3.63) is 38.0 Å². The highest BCUT2D eigenvalue weighted by molar-refractivity contribution is 7.10. The number of aromatic nitrogens is 1. The second kappa shape index (κ2) is 6.11. The maximum atomic E-state index is 11.7. The van der Waals surface area contributed by atoms with Gasteiger partial charge in [-0.15, -0.1) is 22.7 Å². The molecule has 2 aromatic heterocycles. The largest absolute Gasteiger partial charge is 0.351 e. The van der Waals surface area contributed by atoms with E-state index in [2.05, 4.69) is 28.7 Å². The molecule has 2 aromatic rings. The molecule has 0 radical (unpaired) electrons. The zero-order valence-corrected chi connectivity index (χ0v) is 12.2. The van der Waals surface area contributed by atoms with Crippen LogP contribution in [0.4, 0.5) is 0 Å². The van der Waals surface area contributed by atoms with E-state index in [0.717, 1.165) is 12.1 Å². The van der Waals surface area contributed by atoms with Crippen LogP contribution in [0.25, 0.3) is 0 Å². The van der Waals surface area contributed by atoms with Crippen molar-refractivity contribution < 1.29 is 4.79 Å². The summed E-state index contributed by atoms with van der Waals surface area (Å²) in [6, 6.07) is 2.08. The van der Waals surface area contributed by atoms with Gasteiger partial charge in [-0.05, 0) is 37.3 Å². The predicted molar refractivity (Wildman–Crippen MR) is 76.1 cm³/mol. The summed E-state index contributed by atoms with van der Waals surface area (Å²) in [7, 11) is 0. The van der Waals surface area contributed by atoms with Crippen molar-refractivity contribution in [1.82, 2.24) is 10.3 Å². The molecule has 0 aliphatic carbocycles. The number of hydrogen-bond acceptors (Lipinski definition) is 4. The fourth-order valence-corrected chi connectivity index (χ4v) is 3.27. The lowest BCUT2D eigenvalue weighted by Gasteiger charge is -2.04. The fraction of sp³-hybridized carbons (Fsp3) is 0.385. The summed E-state index contributed by atoms with van der Waals surface area (Å²) >= 11 is 3.31. The molecule has 0 bridgehead atoms. The summed E-state index contributed by atoms with van der Waals surface area (Å²) in [6.45, 7) is 4.70. The van der Waals surface area contributed by atoms with Crippen LogP contribution in [0, 0.1) is 13.8 Å². The van der Waals surface area contributed by atoms with E-state index in [-0.39, 0.29) is 5.91 Å². The molecule has 0 unspecified atom stereocenters. The van der Waals surface area contributed by atoms with Gasteiger partial charge in [0.2, 0.25) is 5.91 Å². The standard InChI is InChI=1S/C13H16N2OS2/c1-9-5-6-17-12(9)7-14-13(16)4-3-11-10(2)15-8-18-11/h5-6,8H,3-4,7H2,1-2H3,(H,14,16). The Balaban J connectivity index is 1.76. The number of carbonyl (C=O) groups is 1. The van der Waals surface area contributed by atoms with E-state index >= 15 is 0 Å². The van der Waals surface area contributed by atoms with Crippen LogP contribution in [0.2, 0.25) is 0 Å². The third-order valence-electron chi connectivity index (χ3n) is 2.84. The molecule has 0 spiro atoms. The van der Waals surface area contributed by atoms with Crippen LogP contribution in [0.3, 0.4) is 0 Å². The minimum absolute atomic E-state index is 0.107. The molecule has 1 amide bonds. The third kappa shape index (κ3) is 3.40. The minimum Gasteiger partial charge on any atom is -0.351 e. The van der Waals surface area contributed by atoms with Gasteiger partial charge in [-0.3, -0.25) is 4.79 Å². The summed E-state index contributed by atoms with van der Waals surface area (Å²) in [5.41, 5.74) is 4.12. The summed E-state index contributed by atoms with van der Waals surface area (Å²) in [5.74, 6) is 0.107. The van der Waals surface area contributed by atoms with Crippen molar-refractivity contribution in [2.45, 2.75) is 33.2 Å². The fourth-order valence-electron chi connectivity index (χ4n) is 1.65. The molecule has 0 fully saturated rings. The molecule has 0 aliphatic rings. The Morgan fingerprint density at radius 1 is 1.33 bits per heavy atom. The number of rotatable bonds is 5. The molecule has 2 rings (SSSR count). The molecule has 3 nitrogen and oxygen atoms in total. The monoisotopic (exact) mass is 280 g/mol. The van der Waals surface area contributed by atoms with Gasteiger partial charge in [0, 0.05) is 16.2 Å². The van der Waals surface area contributed by atoms with E-state index < -0.39 is 0 Å². The highest BCUT2D eigenvalue weighted by Gasteiger charge is 2.07. The highest BCUT2D eigenvalue weighted by Crippen LogP contribution is 2.16. The molecule has 2 heterocycles. The first kappa shape index (κ1) is 13.2. The molecule has 18 heavy (non-hydrogen) atoms. The van der Waals surface area contributed by atoms with Gasteiger partial charge in [0.25, 0.3) is 0 Å². The lowest BCUT2D eigenvalue weighted by molar-refractivity contribution is -0.121. The quantitative estimate of drug-likeness (QED) is 0.914. The molecular weight excluding hydrogens is 264 g/mol. The molecule has 0 saturated carbocycles. The number of carbonyl (C=O) groups excluding carboxylic acids is 1. The smallest absolute Gasteiger partial charge is 0.220 e. The van der Waals surface area contributed by atoms with Crippen molar-refractivity contribution in [1.29, 1.82) is 0 Å². The Bertz CT molecular complexity index is 484. The summed E-state index contributed by atoms with van der Waals surface area (Å²) in [4.78, 5) is 18.4. The van der Waals surface area contributed by atoms with E-state index in [0.29, 0.717) is 13.0 Å². The van der Waals surface area contributed by atoms with Gasteiger partial charge in [0.1, 0.15) is 0 Å². The van der Waals surface area contributed by atoms with E-state index in [1.54, 1.807) is 22.7 Å². The van der Waals surface area contributed by atoms with E-state index in [4.69, 9.17) is 0 Å². The third-order valence-corrected chi connectivity index (χ3v) is 4.86. The van der Waals surface area contributed by atoms with Gasteiger partial charge >= 0.3 is 0 Å². The number of nitrogens with zero attached hydrogens (tertiary/aromatic N) is 1. The Morgan fingerprint density at radius 3 is 2.78 bits per heavy atom. The van der Waals surface area contributed by atoms with Crippen molar-refractivity contribution in [3.63, 3.8) is 0 Å². The molecule has 0 saturated heterocycles. The van der Waals surface area contributed by atoms with Gasteiger partial charge in [0.05, 0.1) is 17.7 Å². The van der Waals surface area contributed by atoms with Crippen molar-refractivity contribution in [2.24, 2.45) is 0 Å². The van der Waals surface area contributed by atoms with Crippen LogP contribution in [0.1, 0.15) is 27.4 Å². The van der Waals surface area contributed by atoms with Gasteiger partial charge in [-0.2, -0.15) is 0 Å². The zero-order valence-electron chi connectivity index (χ0n) is 10.5. The summed E-state index contributed by atoms with van der Waals surface area (Å²) in [5, 5.41) is 5.02. The Hall–Kier alpha value is -1.20. The van der Waals surface area contributed by atoms with Gasteiger partial charge in [-0.1, -0.05) is 0 Å². The van der Waals surface area contributed by atoms with E-state index in [1.807, 2.05) is 12.4 Å². The average Bonchev–Trinajstić information content (AvgIpc) is 2.93. The molecular formula is C13H16N2OS2. The predicted octanol–water partition coefficient (Wildman–Crippen LogP) is 3.07. The first-order valence-electron chi connectivity index (χ1n) is 5.85. The zero-order chi connectivity index (χ0) is 13.0. The van der Waals surface area contributed by atoms with Crippen LogP contribution < -0.4 is 5.32 Å². The van der Waals surface area contributed by atoms with Gasteiger partial charge in [0.15, 0.2) is 0 Å². The van der Waals surface area contributed by atoms with Crippen LogP contribution >= 0.6 is 22.7 Å². The Kier molecular flexibility index (Phi) is 4.49. The summed E-state index contributed by atoms with van der Waals surface area (Å²) in [6.07, 6.45) is 1.32. The second-order valence-corrected chi connectivity index (χ2v) is 6.10. The van der Waals surface area contributed by atoms with Gasteiger partial charge in [-0.25, -0.2) is 4.98 Å². The number of thiophene rings is 1. The lowest BCUT2D eigenvalue weighted by atomic mass is 10.2. The summed E-state index contributed by atoms with van der Waals surface area (Å²) < 4.78 is 0. The average molecular weight is 280 g/mol. The molecule has 96 valence electrons. The van der Waals surface area contributed by atoms with E-state index in [9.17, 15) is 4.79 Å². The number of amides is 1. The van der Waals surface area contributed by atoms with Gasteiger partial charge < -0.3 is 5.32 Å².